The van der Waals surface area contributed by atoms with Gasteiger partial charge in [0.05, 0.1) is 18.6 Å². The van der Waals surface area contributed by atoms with Crippen molar-refractivity contribution in [1.82, 2.24) is 20.1 Å². The summed E-state index contributed by atoms with van der Waals surface area (Å²) >= 11 is 0. The highest BCUT2D eigenvalue weighted by atomic mass is 16.6. The number of hydrogen-bond donors (Lipinski definition) is 0. The number of amides is 2. The normalized spacial score (nSPS) is 21.5. The van der Waals surface area contributed by atoms with E-state index < -0.39 is 0 Å². The van der Waals surface area contributed by atoms with Gasteiger partial charge in [0, 0.05) is 19.0 Å². The topological polar surface area (TPSA) is 88.8 Å². The van der Waals surface area contributed by atoms with Crippen molar-refractivity contribution >= 4 is 17.9 Å². The minimum absolute atomic E-state index is 0.0432. The Hall–Kier alpha value is -3.16. The summed E-state index contributed by atoms with van der Waals surface area (Å²) in [5.74, 6) is 0.349. The summed E-state index contributed by atoms with van der Waals surface area (Å²) in [6.45, 7) is 3.16. The van der Waals surface area contributed by atoms with Crippen LogP contribution in [0.25, 0.3) is 6.08 Å². The molecule has 0 bridgehead atoms. The van der Waals surface area contributed by atoms with Crippen LogP contribution >= 0.6 is 0 Å². The van der Waals surface area contributed by atoms with Gasteiger partial charge >= 0.3 is 0 Å². The number of carbonyl (C=O) groups is 2. The van der Waals surface area contributed by atoms with Gasteiger partial charge in [0.15, 0.2) is 0 Å². The van der Waals surface area contributed by atoms with E-state index in [-0.39, 0.29) is 23.9 Å². The van der Waals surface area contributed by atoms with E-state index in [4.69, 9.17) is 4.74 Å². The Morgan fingerprint density at radius 2 is 2.11 bits per heavy atom. The first kappa shape index (κ1) is 18.2. The van der Waals surface area contributed by atoms with Gasteiger partial charge in [-0.1, -0.05) is 35.5 Å². The first-order valence-electron chi connectivity index (χ1n) is 9.38. The fraction of sp³-hybridized carbons (Fsp3) is 0.400. The van der Waals surface area contributed by atoms with Gasteiger partial charge in [-0.05, 0) is 30.1 Å². The number of hydrogen-bond acceptors (Lipinski definition) is 6. The van der Waals surface area contributed by atoms with E-state index in [0.29, 0.717) is 37.7 Å². The lowest BCUT2D eigenvalue weighted by Crippen LogP contribution is -2.40. The van der Waals surface area contributed by atoms with E-state index >= 15 is 0 Å². The summed E-state index contributed by atoms with van der Waals surface area (Å²) in [6.07, 6.45) is 4.55. The number of fused-ring (bicyclic) bond motifs is 1. The molecule has 28 heavy (non-hydrogen) atoms. The molecule has 0 saturated carbocycles. The number of aryl methyl sites for hydroxylation is 1. The van der Waals surface area contributed by atoms with Crippen LogP contribution in [0.2, 0.25) is 0 Å². The minimum Gasteiger partial charge on any atom is -0.472 e. The van der Waals surface area contributed by atoms with Gasteiger partial charge in [0.2, 0.25) is 11.8 Å². The van der Waals surface area contributed by atoms with Gasteiger partial charge < -0.3 is 14.5 Å². The number of carbonyl (C=O) groups excluding carboxylic acids is 2. The van der Waals surface area contributed by atoms with Gasteiger partial charge in [-0.15, -0.1) is 0 Å². The Morgan fingerprint density at radius 1 is 1.29 bits per heavy atom. The van der Waals surface area contributed by atoms with Crippen LogP contribution < -0.4 is 4.74 Å². The Balaban J connectivity index is 1.35. The molecule has 1 aromatic heterocycles. The highest BCUT2D eigenvalue weighted by Crippen LogP contribution is 2.32. The molecule has 2 aliphatic heterocycles. The molecule has 2 unspecified atom stereocenters. The molecular weight excluding hydrogens is 360 g/mol. The fourth-order valence-electron chi connectivity index (χ4n) is 3.92. The van der Waals surface area contributed by atoms with E-state index in [2.05, 4.69) is 14.9 Å². The Bertz CT molecular complexity index is 879. The second-order valence-electron chi connectivity index (χ2n) is 6.99. The molecule has 2 aliphatic rings. The molecule has 8 heteroatoms. The van der Waals surface area contributed by atoms with E-state index in [0.717, 1.165) is 12.0 Å². The van der Waals surface area contributed by atoms with Crippen molar-refractivity contribution in [1.29, 1.82) is 0 Å². The molecule has 3 heterocycles. The van der Waals surface area contributed by atoms with Crippen molar-refractivity contribution in [2.75, 3.05) is 19.7 Å². The lowest BCUT2D eigenvalue weighted by molar-refractivity contribution is -0.129. The summed E-state index contributed by atoms with van der Waals surface area (Å²) in [6, 6.07) is 9.67. The smallest absolute Gasteiger partial charge is 0.278 e. The second-order valence-corrected chi connectivity index (χ2v) is 6.99. The van der Waals surface area contributed by atoms with Crippen molar-refractivity contribution < 1.29 is 19.0 Å². The van der Waals surface area contributed by atoms with Crippen LogP contribution in [0.15, 0.2) is 41.0 Å². The molecule has 2 amide bonds. The van der Waals surface area contributed by atoms with Gasteiger partial charge in [0.1, 0.15) is 12.3 Å². The van der Waals surface area contributed by atoms with E-state index in [1.807, 2.05) is 46.2 Å². The highest BCUT2D eigenvalue weighted by molar-refractivity contribution is 5.93. The first-order chi connectivity index (χ1) is 13.6. The molecule has 8 nitrogen and oxygen atoms in total. The maximum absolute atomic E-state index is 12.6. The lowest BCUT2D eigenvalue weighted by Gasteiger charge is -2.24. The van der Waals surface area contributed by atoms with Crippen LogP contribution in [-0.4, -0.2) is 63.7 Å². The molecule has 0 aliphatic carbocycles. The number of aromatic nitrogens is 2. The molecule has 0 spiro atoms. The maximum Gasteiger partial charge on any atom is 0.278 e. The van der Waals surface area contributed by atoms with E-state index in [1.165, 1.54) is 0 Å². The molecule has 2 atom stereocenters. The van der Waals surface area contributed by atoms with Crippen molar-refractivity contribution in [3.05, 3.63) is 47.7 Å². The number of benzene rings is 1. The molecule has 2 fully saturated rings. The summed E-state index contributed by atoms with van der Waals surface area (Å²) < 4.78 is 10.1. The van der Waals surface area contributed by atoms with Crippen molar-refractivity contribution in [3.63, 3.8) is 0 Å². The monoisotopic (exact) mass is 382 g/mol. The Morgan fingerprint density at radius 3 is 2.86 bits per heavy atom. The summed E-state index contributed by atoms with van der Waals surface area (Å²) in [4.78, 5) is 28.7. The quantitative estimate of drug-likeness (QED) is 0.706. The van der Waals surface area contributed by atoms with Crippen LogP contribution in [-0.2, 0) is 9.59 Å². The third-order valence-electron chi connectivity index (χ3n) is 5.30. The predicted octanol–water partition coefficient (Wildman–Crippen LogP) is 1.67. The van der Waals surface area contributed by atoms with Crippen LogP contribution in [0, 0.1) is 6.92 Å². The van der Waals surface area contributed by atoms with Crippen molar-refractivity contribution in [2.45, 2.75) is 31.8 Å². The zero-order chi connectivity index (χ0) is 19.5. The summed E-state index contributed by atoms with van der Waals surface area (Å²) in [5, 5.41) is 7.34. The largest absolute Gasteiger partial charge is 0.472 e. The molecule has 0 radical (unpaired) electrons. The van der Waals surface area contributed by atoms with Crippen LogP contribution in [0.5, 0.6) is 5.88 Å². The lowest BCUT2D eigenvalue weighted by atomic mass is 10.1. The number of likely N-dealkylation sites (tertiary alicyclic amines) is 2. The second kappa shape index (κ2) is 7.84. The van der Waals surface area contributed by atoms with Crippen LogP contribution in [0.1, 0.15) is 24.1 Å². The Kier molecular flexibility index (Phi) is 5.10. The average molecular weight is 382 g/mol. The molecule has 2 aromatic rings. The minimum atomic E-state index is -0.0733. The van der Waals surface area contributed by atoms with Crippen molar-refractivity contribution in [3.8, 4) is 5.88 Å². The molecule has 0 N–H and O–H groups in total. The van der Waals surface area contributed by atoms with Crippen LogP contribution in [0.3, 0.4) is 0 Å². The average Bonchev–Trinajstić information content (AvgIpc) is 3.37. The standard InChI is InChI=1S/C20H22N4O4/c1-14-20(22-28-21-14)27-12-11-24-16-9-10-23(17(16)13-19(24)26)18(25)8-7-15-5-3-2-4-6-15/h2-8,16-17H,9-13H2,1H3. The molecular formula is C20H22N4O4. The van der Waals surface area contributed by atoms with Gasteiger partial charge in [0.25, 0.3) is 5.88 Å². The zero-order valence-corrected chi connectivity index (χ0v) is 15.7. The highest BCUT2D eigenvalue weighted by Gasteiger charge is 2.47. The first-order valence-corrected chi connectivity index (χ1v) is 9.38. The summed E-state index contributed by atoms with van der Waals surface area (Å²) in [5.41, 5.74) is 1.55. The number of rotatable bonds is 6. The van der Waals surface area contributed by atoms with Crippen LogP contribution in [0.4, 0.5) is 0 Å². The predicted molar refractivity (Wildman–Crippen MR) is 100 cm³/mol. The Labute approximate surface area is 162 Å². The van der Waals surface area contributed by atoms with Gasteiger partial charge in [-0.25, -0.2) is 4.63 Å². The van der Waals surface area contributed by atoms with E-state index in [9.17, 15) is 9.59 Å². The SMILES string of the molecule is Cc1nonc1OCCN1C(=O)CC2C1CCN2C(=O)C=Cc1ccccc1. The zero-order valence-electron chi connectivity index (χ0n) is 15.7. The maximum atomic E-state index is 12.6. The molecule has 4 rings (SSSR count). The molecule has 2 saturated heterocycles. The summed E-state index contributed by atoms with van der Waals surface area (Å²) in [7, 11) is 0. The number of nitrogens with zero attached hydrogens (tertiary/aromatic N) is 4. The van der Waals surface area contributed by atoms with Crippen molar-refractivity contribution in [2.24, 2.45) is 0 Å². The van der Waals surface area contributed by atoms with Gasteiger partial charge in [-0.2, -0.15) is 0 Å². The van der Waals surface area contributed by atoms with Gasteiger partial charge in [-0.3, -0.25) is 9.59 Å². The molecule has 146 valence electrons. The number of ether oxygens (including phenoxy) is 1. The fourth-order valence-corrected chi connectivity index (χ4v) is 3.92. The third-order valence-corrected chi connectivity index (χ3v) is 5.30. The molecule has 1 aromatic carbocycles. The third kappa shape index (κ3) is 3.62. The van der Waals surface area contributed by atoms with E-state index in [1.54, 1.807) is 13.0 Å².